The molecule has 1 unspecified atom stereocenters. The molecule has 164 valence electrons. The minimum atomic E-state index is -0.821. The second-order valence-electron chi connectivity index (χ2n) is 8.23. The summed E-state index contributed by atoms with van der Waals surface area (Å²) in [7, 11) is 0. The Morgan fingerprint density at radius 1 is 1.03 bits per heavy atom. The van der Waals surface area contributed by atoms with Gasteiger partial charge in [-0.15, -0.1) is 0 Å². The number of carbonyl (C=O) groups is 1. The van der Waals surface area contributed by atoms with Gasteiger partial charge in [-0.2, -0.15) is 0 Å². The Morgan fingerprint density at radius 2 is 1.72 bits per heavy atom. The number of fused-ring (bicyclic) bond motifs is 1. The molecule has 2 atom stereocenters. The van der Waals surface area contributed by atoms with Crippen molar-refractivity contribution in [1.82, 2.24) is 4.90 Å². The normalized spacial score (nSPS) is 15.0. The molecule has 1 aliphatic heterocycles. The van der Waals surface area contributed by atoms with E-state index in [-0.39, 0.29) is 18.5 Å². The molecule has 3 aromatic carbocycles. The maximum Gasteiger partial charge on any atom is 0.305 e. The van der Waals surface area contributed by atoms with Crippen molar-refractivity contribution >= 4 is 23.1 Å². The molecule has 3 aromatic rings. The van der Waals surface area contributed by atoms with Gasteiger partial charge in [-0.1, -0.05) is 85.0 Å². The van der Waals surface area contributed by atoms with E-state index in [0.29, 0.717) is 19.6 Å². The zero-order valence-electron chi connectivity index (χ0n) is 18.1. The van der Waals surface area contributed by atoms with E-state index in [1.807, 2.05) is 48.5 Å². The summed E-state index contributed by atoms with van der Waals surface area (Å²) >= 11 is 5.37. The fraction of sp³-hybridized carbons (Fsp3) is 0.259. The first kappa shape index (κ1) is 22.2. The molecular weight excluding hydrogens is 418 g/mol. The summed E-state index contributed by atoms with van der Waals surface area (Å²) in [5.74, 6) is 0.0138. The second-order valence-corrected chi connectivity index (χ2v) is 8.81. The van der Waals surface area contributed by atoms with E-state index in [0.717, 1.165) is 32.9 Å². The van der Waals surface area contributed by atoms with Gasteiger partial charge in [0.2, 0.25) is 0 Å². The summed E-state index contributed by atoms with van der Waals surface area (Å²) in [6.45, 7) is 3.25. The molecule has 0 saturated carbocycles. The number of rotatable bonds is 8. The molecule has 4 nitrogen and oxygen atoms in total. The Balaban J connectivity index is 1.76. The predicted molar refractivity (Wildman–Crippen MR) is 130 cm³/mol. The van der Waals surface area contributed by atoms with Gasteiger partial charge in [-0.3, -0.25) is 9.69 Å². The zero-order valence-corrected chi connectivity index (χ0v) is 18.9. The average molecular weight is 446 g/mol. The Bertz CT molecular complexity index is 1080. The van der Waals surface area contributed by atoms with Crippen LogP contribution < -0.4 is 4.74 Å². The molecule has 0 fully saturated rings. The molecule has 0 amide bonds. The number of aliphatic carboxylic acids is 1. The maximum absolute atomic E-state index is 12.0. The van der Waals surface area contributed by atoms with Crippen molar-refractivity contribution in [3.8, 4) is 5.75 Å². The Labute approximate surface area is 194 Å². The fourth-order valence-corrected chi connectivity index (χ4v) is 4.55. The van der Waals surface area contributed by atoms with Crippen LogP contribution in [0.3, 0.4) is 0 Å². The summed E-state index contributed by atoms with van der Waals surface area (Å²) in [5, 5.41) is 9.82. The van der Waals surface area contributed by atoms with Crippen LogP contribution >= 0.6 is 12.2 Å². The highest BCUT2D eigenvalue weighted by Crippen LogP contribution is 2.37. The molecular formula is C27H27NO3S. The van der Waals surface area contributed by atoms with Crippen molar-refractivity contribution < 1.29 is 14.6 Å². The third kappa shape index (κ3) is 5.23. The van der Waals surface area contributed by atoms with Crippen LogP contribution in [0.5, 0.6) is 5.75 Å². The Kier molecular flexibility index (Phi) is 6.98. The summed E-state index contributed by atoms with van der Waals surface area (Å²) in [6, 6.07) is 26.2. The monoisotopic (exact) mass is 445 g/mol. The topological polar surface area (TPSA) is 49.8 Å². The number of carboxylic acid groups (broad SMARTS) is 1. The highest BCUT2D eigenvalue weighted by Gasteiger charge is 2.29. The smallest absolute Gasteiger partial charge is 0.305 e. The van der Waals surface area contributed by atoms with Crippen molar-refractivity contribution in [3.05, 3.63) is 101 Å². The molecule has 0 aliphatic carbocycles. The number of benzene rings is 3. The first-order valence-corrected chi connectivity index (χ1v) is 11.3. The van der Waals surface area contributed by atoms with Crippen molar-refractivity contribution in [2.24, 2.45) is 0 Å². The van der Waals surface area contributed by atoms with Crippen LogP contribution in [0.15, 0.2) is 78.9 Å². The van der Waals surface area contributed by atoms with Crippen LogP contribution in [0, 0.1) is 0 Å². The number of thiocarbonyl (C=S) groups is 1. The van der Waals surface area contributed by atoms with E-state index in [2.05, 4.69) is 42.2 Å². The van der Waals surface area contributed by atoms with Crippen molar-refractivity contribution in [2.45, 2.75) is 38.4 Å². The van der Waals surface area contributed by atoms with Gasteiger partial charge in [0, 0.05) is 29.9 Å². The lowest BCUT2D eigenvalue weighted by Crippen LogP contribution is -2.33. The molecule has 0 aromatic heterocycles. The van der Waals surface area contributed by atoms with Gasteiger partial charge in [-0.25, -0.2) is 0 Å². The van der Waals surface area contributed by atoms with Gasteiger partial charge in [-0.05, 0) is 35.2 Å². The minimum absolute atomic E-state index is 0.00803. The summed E-state index contributed by atoms with van der Waals surface area (Å²) in [6.07, 6.45) is 0.694. The number of hydrogen-bond acceptors (Lipinski definition) is 4. The van der Waals surface area contributed by atoms with E-state index in [1.165, 1.54) is 0 Å². The number of nitrogens with zero attached hydrogens (tertiary/aromatic N) is 1. The highest BCUT2D eigenvalue weighted by atomic mass is 32.1. The van der Waals surface area contributed by atoms with E-state index < -0.39 is 5.97 Å². The summed E-state index contributed by atoms with van der Waals surface area (Å²) in [5.41, 5.74) is 4.30. The highest BCUT2D eigenvalue weighted by molar-refractivity contribution is 7.80. The van der Waals surface area contributed by atoms with Crippen LogP contribution in [-0.4, -0.2) is 27.4 Å². The first-order valence-electron chi connectivity index (χ1n) is 10.8. The van der Waals surface area contributed by atoms with E-state index >= 15 is 0 Å². The molecule has 0 radical (unpaired) electrons. The molecule has 5 heteroatoms. The lowest BCUT2D eigenvalue weighted by Gasteiger charge is -2.37. The Morgan fingerprint density at radius 3 is 2.41 bits per heavy atom. The summed E-state index contributed by atoms with van der Waals surface area (Å²) in [4.78, 5) is 15.1. The average Bonchev–Trinajstić information content (AvgIpc) is 2.81. The number of carboxylic acids is 1. The number of ether oxygens (including phenoxy) is 1. The van der Waals surface area contributed by atoms with Gasteiger partial charge in [0.1, 0.15) is 12.4 Å². The molecule has 4 rings (SSSR count). The first-order chi connectivity index (χ1) is 15.5. The lowest BCUT2D eigenvalue weighted by molar-refractivity contribution is -0.138. The third-order valence-electron chi connectivity index (χ3n) is 6.00. The fourth-order valence-electron chi connectivity index (χ4n) is 4.33. The van der Waals surface area contributed by atoms with Gasteiger partial charge >= 0.3 is 5.97 Å². The molecule has 0 bridgehead atoms. The van der Waals surface area contributed by atoms with Gasteiger partial charge in [0.25, 0.3) is 0 Å². The molecule has 1 heterocycles. The second kappa shape index (κ2) is 10.1. The van der Waals surface area contributed by atoms with Crippen molar-refractivity contribution in [1.29, 1.82) is 0 Å². The minimum Gasteiger partial charge on any atom is -0.488 e. The van der Waals surface area contributed by atoms with Crippen molar-refractivity contribution in [2.75, 3.05) is 6.61 Å². The predicted octanol–water partition coefficient (Wildman–Crippen LogP) is 5.77. The largest absolute Gasteiger partial charge is 0.488 e. The number of hydrogen-bond donors (Lipinski definition) is 1. The van der Waals surface area contributed by atoms with E-state index in [4.69, 9.17) is 17.0 Å². The molecule has 0 spiro atoms. The summed E-state index contributed by atoms with van der Waals surface area (Å²) < 4.78 is 5.75. The molecule has 32 heavy (non-hydrogen) atoms. The zero-order chi connectivity index (χ0) is 22.5. The van der Waals surface area contributed by atoms with Gasteiger partial charge in [0.05, 0.1) is 6.42 Å². The van der Waals surface area contributed by atoms with Gasteiger partial charge in [0.15, 0.2) is 0 Å². The third-order valence-corrected chi connectivity index (χ3v) is 6.26. The van der Waals surface area contributed by atoms with Gasteiger partial charge < -0.3 is 9.84 Å². The van der Waals surface area contributed by atoms with Crippen LogP contribution in [0.2, 0.25) is 0 Å². The van der Waals surface area contributed by atoms with E-state index in [9.17, 15) is 9.90 Å². The van der Waals surface area contributed by atoms with Crippen LogP contribution in [0.1, 0.15) is 47.7 Å². The molecule has 1 N–H and O–H groups in total. The lowest BCUT2D eigenvalue weighted by atomic mass is 9.94. The standard InChI is InChI=1S/C27H27NO3S/c1-19(21-10-6-3-7-11-21)28(17-20-8-4-2-5-9-20)25(16-27(29)30)22-12-13-26-23(14-22)15-24(32)18-31-26/h2-14,19,25H,15-18H2,1H3,(H,29,30)/t19?,25-/m0/s1. The van der Waals surface area contributed by atoms with E-state index in [1.54, 1.807) is 0 Å². The Hall–Kier alpha value is -3.02. The van der Waals surface area contributed by atoms with Crippen molar-refractivity contribution in [3.63, 3.8) is 0 Å². The van der Waals surface area contributed by atoms with Crippen LogP contribution in [0.4, 0.5) is 0 Å². The maximum atomic E-state index is 12.0. The molecule has 0 saturated heterocycles. The quantitative estimate of drug-likeness (QED) is 0.446. The van der Waals surface area contributed by atoms with Crippen LogP contribution in [0.25, 0.3) is 0 Å². The molecule has 1 aliphatic rings. The van der Waals surface area contributed by atoms with Crippen LogP contribution in [-0.2, 0) is 17.8 Å². The SMILES string of the molecule is CC(c1ccccc1)N(Cc1ccccc1)[C@@H](CC(=O)O)c1ccc2c(c1)CC(=S)CO2.